The van der Waals surface area contributed by atoms with Gasteiger partial charge in [0, 0.05) is 0 Å². The number of nitrogens with zero attached hydrogens (tertiary/aromatic N) is 2. The molecule has 0 spiro atoms. The predicted molar refractivity (Wildman–Crippen MR) is 37.4 cm³/mol. The molecule has 3 nitrogen and oxygen atoms in total. The number of aromatic nitrogens is 2. The standard InChI is InChI=1S/C5Cl2F2N2O/c6-2-1(4(9)12)3(8)11-5(7)10-2. The van der Waals surface area contributed by atoms with Crippen LogP contribution in [0.15, 0.2) is 0 Å². The van der Waals surface area contributed by atoms with Crippen molar-refractivity contribution < 1.29 is 13.6 Å². The third kappa shape index (κ3) is 1.67. The molecule has 1 rings (SSSR count). The van der Waals surface area contributed by atoms with Gasteiger partial charge in [0.2, 0.25) is 11.2 Å². The molecule has 0 aromatic carbocycles. The van der Waals surface area contributed by atoms with Gasteiger partial charge >= 0.3 is 6.04 Å². The molecular weight excluding hydrogens is 213 g/mol. The Balaban J connectivity index is 3.38. The van der Waals surface area contributed by atoms with Crippen LogP contribution >= 0.6 is 23.2 Å². The first-order valence-electron chi connectivity index (χ1n) is 2.60. The number of hydrogen-bond acceptors (Lipinski definition) is 3. The van der Waals surface area contributed by atoms with Gasteiger partial charge in [0.1, 0.15) is 5.56 Å². The molecule has 0 saturated carbocycles. The molecule has 1 aromatic rings. The average molecular weight is 213 g/mol. The Morgan fingerprint density at radius 3 is 2.33 bits per heavy atom. The Hall–Kier alpha value is -0.810. The number of carbonyl (C=O) groups excluding carboxylic acids is 1. The lowest BCUT2D eigenvalue weighted by Crippen LogP contribution is -2.02. The third-order valence-electron chi connectivity index (χ3n) is 0.990. The summed E-state index contributed by atoms with van der Waals surface area (Å²) in [7, 11) is 0. The molecule has 0 aliphatic heterocycles. The summed E-state index contributed by atoms with van der Waals surface area (Å²) in [5.74, 6) is -1.37. The fraction of sp³-hybridized carbons (Fsp3) is 0. The van der Waals surface area contributed by atoms with Crippen LogP contribution in [0.4, 0.5) is 8.78 Å². The summed E-state index contributed by atoms with van der Waals surface area (Å²) in [6.07, 6.45) is 0. The zero-order chi connectivity index (χ0) is 9.30. The van der Waals surface area contributed by atoms with Crippen molar-refractivity contribution in [3.63, 3.8) is 0 Å². The van der Waals surface area contributed by atoms with Crippen molar-refractivity contribution in [1.29, 1.82) is 0 Å². The van der Waals surface area contributed by atoms with E-state index in [-0.39, 0.29) is 0 Å². The average Bonchev–Trinajstić information content (AvgIpc) is 1.82. The summed E-state index contributed by atoms with van der Waals surface area (Å²) in [6, 6.07) is -2.03. The molecule has 12 heavy (non-hydrogen) atoms. The third-order valence-corrected chi connectivity index (χ3v) is 1.43. The second-order valence-corrected chi connectivity index (χ2v) is 2.42. The molecule has 0 N–H and O–H groups in total. The minimum atomic E-state index is -2.03. The minimum Gasteiger partial charge on any atom is -0.255 e. The SMILES string of the molecule is O=C(F)c1c(F)nc(Cl)nc1Cl. The van der Waals surface area contributed by atoms with Crippen LogP contribution in [0.3, 0.4) is 0 Å². The van der Waals surface area contributed by atoms with Gasteiger partial charge in [-0.2, -0.15) is 13.8 Å². The molecular formula is C5Cl2F2N2O. The van der Waals surface area contributed by atoms with Crippen molar-refractivity contribution in [3.8, 4) is 0 Å². The van der Waals surface area contributed by atoms with Crippen LogP contribution in [0.1, 0.15) is 10.4 Å². The number of hydrogen-bond donors (Lipinski definition) is 0. The maximum absolute atomic E-state index is 12.6. The van der Waals surface area contributed by atoms with E-state index in [1.807, 2.05) is 0 Å². The van der Waals surface area contributed by atoms with Gasteiger partial charge in [0.25, 0.3) is 0 Å². The number of carbonyl (C=O) groups is 1. The Morgan fingerprint density at radius 1 is 1.33 bits per heavy atom. The zero-order valence-corrected chi connectivity index (χ0v) is 6.83. The fourth-order valence-corrected chi connectivity index (χ4v) is 0.980. The minimum absolute atomic E-state index is 0.484. The maximum Gasteiger partial charge on any atom is 0.339 e. The summed E-state index contributed by atoms with van der Waals surface area (Å²) in [5.41, 5.74) is -0.999. The molecule has 0 unspecified atom stereocenters. The van der Waals surface area contributed by atoms with Gasteiger partial charge in [-0.05, 0) is 11.6 Å². The van der Waals surface area contributed by atoms with Crippen molar-refractivity contribution in [2.75, 3.05) is 0 Å². The van der Waals surface area contributed by atoms with E-state index in [4.69, 9.17) is 23.2 Å². The summed E-state index contributed by atoms with van der Waals surface area (Å²) in [5, 5.41) is -1.12. The molecule has 0 saturated heterocycles. The predicted octanol–water partition coefficient (Wildman–Crippen LogP) is 2.03. The fourth-order valence-electron chi connectivity index (χ4n) is 0.546. The molecule has 0 amide bonds. The first kappa shape index (κ1) is 9.28. The van der Waals surface area contributed by atoms with Gasteiger partial charge in [-0.15, -0.1) is 0 Å². The lowest BCUT2D eigenvalue weighted by Gasteiger charge is -1.97. The zero-order valence-electron chi connectivity index (χ0n) is 5.31. The monoisotopic (exact) mass is 212 g/mol. The second-order valence-electron chi connectivity index (χ2n) is 1.72. The van der Waals surface area contributed by atoms with Crippen LogP contribution in [-0.4, -0.2) is 16.0 Å². The van der Waals surface area contributed by atoms with Gasteiger partial charge < -0.3 is 0 Å². The van der Waals surface area contributed by atoms with Gasteiger partial charge in [0.05, 0.1) is 0 Å². The Kier molecular flexibility index (Phi) is 2.54. The van der Waals surface area contributed by atoms with E-state index in [9.17, 15) is 13.6 Å². The van der Waals surface area contributed by atoms with Gasteiger partial charge in [-0.25, -0.2) is 4.98 Å². The summed E-state index contributed by atoms with van der Waals surface area (Å²) in [4.78, 5) is 16.2. The van der Waals surface area contributed by atoms with Crippen LogP contribution < -0.4 is 0 Å². The van der Waals surface area contributed by atoms with E-state index in [2.05, 4.69) is 9.97 Å². The van der Waals surface area contributed by atoms with E-state index in [0.717, 1.165) is 0 Å². The molecule has 1 heterocycles. The molecule has 0 aliphatic carbocycles. The lowest BCUT2D eigenvalue weighted by molar-refractivity contribution is 0.0830. The first-order chi connectivity index (χ1) is 5.52. The van der Waals surface area contributed by atoms with Crippen LogP contribution in [-0.2, 0) is 0 Å². The lowest BCUT2D eigenvalue weighted by atomic mass is 10.3. The second kappa shape index (κ2) is 3.28. The molecule has 0 atom stereocenters. The van der Waals surface area contributed by atoms with E-state index >= 15 is 0 Å². The topological polar surface area (TPSA) is 42.9 Å². The molecule has 64 valence electrons. The first-order valence-corrected chi connectivity index (χ1v) is 3.36. The molecule has 1 aromatic heterocycles. The summed E-state index contributed by atoms with van der Waals surface area (Å²) < 4.78 is 24.6. The summed E-state index contributed by atoms with van der Waals surface area (Å²) >= 11 is 10.3. The van der Waals surface area contributed by atoms with Crippen molar-refractivity contribution in [2.45, 2.75) is 0 Å². The van der Waals surface area contributed by atoms with Crippen LogP contribution in [0, 0.1) is 5.95 Å². The number of halogens is 4. The van der Waals surface area contributed by atoms with Crippen molar-refractivity contribution in [3.05, 3.63) is 21.9 Å². The van der Waals surface area contributed by atoms with Crippen LogP contribution in [0.25, 0.3) is 0 Å². The van der Waals surface area contributed by atoms with Gasteiger partial charge in [-0.3, -0.25) is 4.79 Å². The quantitative estimate of drug-likeness (QED) is 0.407. The van der Waals surface area contributed by atoms with Crippen LogP contribution in [0.5, 0.6) is 0 Å². The highest BCUT2D eigenvalue weighted by atomic mass is 35.5. The smallest absolute Gasteiger partial charge is 0.255 e. The van der Waals surface area contributed by atoms with Gasteiger partial charge in [0.15, 0.2) is 5.15 Å². The molecule has 7 heteroatoms. The molecule has 0 bridgehead atoms. The van der Waals surface area contributed by atoms with E-state index < -0.39 is 28.0 Å². The molecule has 0 fully saturated rings. The summed E-state index contributed by atoms with van der Waals surface area (Å²) in [6.45, 7) is 0. The van der Waals surface area contributed by atoms with E-state index in [1.165, 1.54) is 0 Å². The molecule has 0 radical (unpaired) electrons. The van der Waals surface area contributed by atoms with E-state index in [0.29, 0.717) is 0 Å². The van der Waals surface area contributed by atoms with Crippen molar-refractivity contribution >= 4 is 29.2 Å². The Labute approximate surface area is 75.3 Å². The largest absolute Gasteiger partial charge is 0.339 e. The van der Waals surface area contributed by atoms with Gasteiger partial charge in [-0.1, -0.05) is 11.6 Å². The highest BCUT2D eigenvalue weighted by Gasteiger charge is 2.19. The normalized spacial score (nSPS) is 10.0. The van der Waals surface area contributed by atoms with Crippen molar-refractivity contribution in [1.82, 2.24) is 9.97 Å². The Bertz CT molecular complexity index is 321. The highest BCUT2D eigenvalue weighted by Crippen LogP contribution is 2.18. The Morgan fingerprint density at radius 2 is 1.92 bits per heavy atom. The molecule has 0 aliphatic rings. The highest BCUT2D eigenvalue weighted by molar-refractivity contribution is 6.33. The number of rotatable bonds is 1. The van der Waals surface area contributed by atoms with Crippen LogP contribution in [0.2, 0.25) is 10.4 Å². The van der Waals surface area contributed by atoms with Crippen molar-refractivity contribution in [2.24, 2.45) is 0 Å². The maximum atomic E-state index is 12.6. The van der Waals surface area contributed by atoms with E-state index in [1.54, 1.807) is 0 Å².